The van der Waals surface area contributed by atoms with Crippen LogP contribution in [0.3, 0.4) is 0 Å². The Bertz CT molecular complexity index is 616. The third kappa shape index (κ3) is 2.90. The zero-order valence-corrected chi connectivity index (χ0v) is 11.8. The summed E-state index contributed by atoms with van der Waals surface area (Å²) < 4.78 is 38.4. The monoisotopic (exact) mass is 324 g/mol. The number of hydrogen-bond donors (Lipinski definition) is 2. The Labute approximate surface area is 123 Å². The van der Waals surface area contributed by atoms with Crippen molar-refractivity contribution in [1.29, 1.82) is 0 Å². The highest BCUT2D eigenvalue weighted by atomic mass is 35.5. The molecule has 3 nitrogen and oxygen atoms in total. The highest BCUT2D eigenvalue weighted by molar-refractivity contribution is 7.18. The average molecular weight is 325 g/mol. The Morgan fingerprint density at radius 1 is 1.35 bits per heavy atom. The molecule has 1 saturated heterocycles. The van der Waals surface area contributed by atoms with Gasteiger partial charge in [-0.2, -0.15) is 13.2 Å². The van der Waals surface area contributed by atoms with E-state index in [4.69, 9.17) is 0 Å². The number of β-amino-alcohol motifs (C(OH)–C–C–N with tert-alkyl or cyclic N) is 1. The maximum Gasteiger partial charge on any atom is 0.416 e. The van der Waals surface area contributed by atoms with Crippen molar-refractivity contribution in [1.82, 2.24) is 10.3 Å². The quantitative estimate of drug-likeness (QED) is 0.847. The van der Waals surface area contributed by atoms with E-state index in [1.807, 2.05) is 0 Å². The van der Waals surface area contributed by atoms with Gasteiger partial charge in [0.05, 0.1) is 27.9 Å². The van der Waals surface area contributed by atoms with Crippen LogP contribution in [0, 0.1) is 0 Å². The number of alkyl halides is 3. The van der Waals surface area contributed by atoms with Gasteiger partial charge < -0.3 is 10.4 Å². The number of halogens is 4. The number of hydrogen-bond acceptors (Lipinski definition) is 4. The molecule has 8 heteroatoms. The van der Waals surface area contributed by atoms with E-state index in [-0.39, 0.29) is 18.4 Å². The number of aliphatic hydroxyl groups excluding tert-OH is 1. The van der Waals surface area contributed by atoms with Gasteiger partial charge in [0.15, 0.2) is 0 Å². The first-order chi connectivity index (χ1) is 8.93. The molecule has 0 aliphatic carbocycles. The molecule has 20 heavy (non-hydrogen) atoms. The maximum absolute atomic E-state index is 12.6. The molecule has 0 unspecified atom stereocenters. The smallest absolute Gasteiger partial charge is 0.392 e. The zero-order valence-electron chi connectivity index (χ0n) is 10.1. The van der Waals surface area contributed by atoms with E-state index in [1.54, 1.807) is 0 Å². The minimum atomic E-state index is -4.33. The Hall–Kier alpha value is -0.890. The highest BCUT2D eigenvalue weighted by Crippen LogP contribution is 2.35. The molecule has 3 rings (SSSR count). The predicted molar refractivity (Wildman–Crippen MR) is 73.2 cm³/mol. The summed E-state index contributed by atoms with van der Waals surface area (Å²) in [5, 5.41) is 13.3. The van der Waals surface area contributed by atoms with E-state index >= 15 is 0 Å². The Morgan fingerprint density at radius 2 is 2.10 bits per heavy atom. The van der Waals surface area contributed by atoms with E-state index in [1.165, 1.54) is 17.4 Å². The lowest BCUT2D eigenvalue weighted by Gasteiger charge is -2.04. The first-order valence-corrected chi connectivity index (χ1v) is 6.64. The first kappa shape index (κ1) is 15.5. The molecule has 2 aromatic rings. The van der Waals surface area contributed by atoms with Gasteiger partial charge in [-0.05, 0) is 24.6 Å². The molecule has 0 radical (unpaired) electrons. The lowest BCUT2D eigenvalue weighted by Crippen LogP contribution is -2.14. The van der Waals surface area contributed by atoms with Crippen LogP contribution >= 0.6 is 23.7 Å². The molecular weight excluding hydrogens is 313 g/mol. The summed E-state index contributed by atoms with van der Waals surface area (Å²) in [5.41, 5.74) is -0.0918. The number of fused-ring (bicyclic) bond motifs is 1. The van der Waals surface area contributed by atoms with Crippen LogP contribution in [0.2, 0.25) is 0 Å². The first-order valence-electron chi connectivity index (χ1n) is 5.82. The lowest BCUT2D eigenvalue weighted by molar-refractivity contribution is -0.137. The zero-order chi connectivity index (χ0) is 13.6. The molecule has 110 valence electrons. The third-order valence-electron chi connectivity index (χ3n) is 3.14. The molecule has 0 bridgehead atoms. The number of rotatable bonds is 1. The number of nitrogens with one attached hydrogen (secondary N) is 1. The fourth-order valence-corrected chi connectivity index (χ4v) is 3.27. The Balaban J connectivity index is 0.00000147. The average Bonchev–Trinajstić information content (AvgIpc) is 2.92. The normalized spacial score (nSPS) is 23.0. The van der Waals surface area contributed by atoms with Gasteiger partial charge in [0.1, 0.15) is 5.01 Å². The maximum atomic E-state index is 12.6. The van der Waals surface area contributed by atoms with Crippen LogP contribution in [0.1, 0.15) is 23.0 Å². The van der Waals surface area contributed by atoms with Crippen molar-refractivity contribution in [3.05, 3.63) is 28.8 Å². The van der Waals surface area contributed by atoms with E-state index < -0.39 is 17.8 Å². The summed E-state index contributed by atoms with van der Waals surface area (Å²) in [6, 6.07) is 3.50. The van der Waals surface area contributed by atoms with E-state index in [0.717, 1.165) is 17.1 Å². The second-order valence-corrected chi connectivity index (χ2v) is 5.64. The van der Waals surface area contributed by atoms with Crippen LogP contribution in [0.15, 0.2) is 18.2 Å². The van der Waals surface area contributed by atoms with Gasteiger partial charge in [0.25, 0.3) is 0 Å². The van der Waals surface area contributed by atoms with Crippen LogP contribution < -0.4 is 5.32 Å². The molecule has 1 aliphatic rings. The molecule has 1 aromatic carbocycles. The third-order valence-corrected chi connectivity index (χ3v) is 4.27. The molecule has 2 N–H and O–H groups in total. The van der Waals surface area contributed by atoms with Crippen LogP contribution in [-0.2, 0) is 6.18 Å². The van der Waals surface area contributed by atoms with Crippen molar-refractivity contribution in [2.75, 3.05) is 6.54 Å². The van der Waals surface area contributed by atoms with Crippen molar-refractivity contribution in [3.63, 3.8) is 0 Å². The van der Waals surface area contributed by atoms with Crippen molar-refractivity contribution < 1.29 is 18.3 Å². The molecule has 1 aliphatic heterocycles. The standard InChI is InChI=1S/C12H11F3N2OS.ClH/c13-12(14,15)6-1-2-8-10(3-6)19-11(17-8)9-4-7(18)5-16-9;/h1-3,7,9,16,18H,4-5H2;1H/t7-,9+;/m1./s1. The van der Waals surface area contributed by atoms with Crippen LogP contribution in [-0.4, -0.2) is 22.7 Å². The van der Waals surface area contributed by atoms with Crippen molar-refractivity contribution in [2.45, 2.75) is 24.7 Å². The van der Waals surface area contributed by atoms with Crippen molar-refractivity contribution in [3.8, 4) is 0 Å². The van der Waals surface area contributed by atoms with E-state index in [0.29, 0.717) is 23.2 Å². The summed E-state index contributed by atoms with van der Waals surface area (Å²) in [7, 11) is 0. The van der Waals surface area contributed by atoms with E-state index in [2.05, 4.69) is 10.3 Å². The fourth-order valence-electron chi connectivity index (χ4n) is 2.17. The summed E-state index contributed by atoms with van der Waals surface area (Å²) >= 11 is 1.24. The van der Waals surface area contributed by atoms with Gasteiger partial charge in [-0.1, -0.05) is 0 Å². The molecule has 0 saturated carbocycles. The van der Waals surface area contributed by atoms with Crippen LogP contribution in [0.5, 0.6) is 0 Å². The second kappa shape index (κ2) is 5.48. The van der Waals surface area contributed by atoms with Gasteiger partial charge in [-0.3, -0.25) is 0 Å². The van der Waals surface area contributed by atoms with Gasteiger partial charge in [0, 0.05) is 6.54 Å². The Morgan fingerprint density at radius 3 is 2.70 bits per heavy atom. The Kier molecular flexibility index (Phi) is 4.24. The van der Waals surface area contributed by atoms with Crippen LogP contribution in [0.25, 0.3) is 10.2 Å². The lowest BCUT2D eigenvalue weighted by atomic mass is 10.2. The number of thiazole rings is 1. The van der Waals surface area contributed by atoms with Crippen LogP contribution in [0.4, 0.5) is 13.2 Å². The van der Waals surface area contributed by atoms with Gasteiger partial charge in [-0.25, -0.2) is 4.98 Å². The number of aromatic nitrogens is 1. The summed E-state index contributed by atoms with van der Waals surface area (Å²) in [6.45, 7) is 0.494. The fraction of sp³-hybridized carbons (Fsp3) is 0.417. The van der Waals surface area contributed by atoms with Gasteiger partial charge in [0.2, 0.25) is 0 Å². The number of nitrogens with zero attached hydrogens (tertiary/aromatic N) is 1. The van der Waals surface area contributed by atoms with Gasteiger partial charge in [-0.15, -0.1) is 23.7 Å². The summed E-state index contributed by atoms with van der Waals surface area (Å²) in [6.07, 6.45) is -4.20. The molecule has 2 heterocycles. The minimum Gasteiger partial charge on any atom is -0.392 e. The molecular formula is C12H12ClF3N2OS. The minimum absolute atomic E-state index is 0. The SMILES string of the molecule is Cl.O[C@H]1CN[C@H](c2nc3ccc(C(F)(F)F)cc3s2)C1. The summed E-state index contributed by atoms with van der Waals surface area (Å²) in [4.78, 5) is 4.33. The predicted octanol–water partition coefficient (Wildman–Crippen LogP) is 3.13. The van der Waals surface area contributed by atoms with Crippen molar-refractivity contribution >= 4 is 34.0 Å². The summed E-state index contributed by atoms with van der Waals surface area (Å²) in [5.74, 6) is 0. The molecule has 1 fully saturated rings. The van der Waals surface area contributed by atoms with Gasteiger partial charge >= 0.3 is 6.18 Å². The number of aliphatic hydroxyl groups is 1. The van der Waals surface area contributed by atoms with Crippen molar-refractivity contribution in [2.24, 2.45) is 0 Å². The molecule has 0 amide bonds. The van der Waals surface area contributed by atoms with E-state index in [9.17, 15) is 18.3 Å². The topological polar surface area (TPSA) is 45.1 Å². The highest BCUT2D eigenvalue weighted by Gasteiger charge is 2.31. The second-order valence-electron chi connectivity index (χ2n) is 4.58. The molecule has 2 atom stereocenters. The largest absolute Gasteiger partial charge is 0.416 e. The molecule has 1 aromatic heterocycles. The number of benzene rings is 1. The molecule has 0 spiro atoms.